The second-order valence-electron chi connectivity index (χ2n) is 3.42. The number of hydrogen-bond acceptors (Lipinski definition) is 5. The molecule has 0 spiro atoms. The fourth-order valence-corrected chi connectivity index (χ4v) is 1.87. The summed E-state index contributed by atoms with van der Waals surface area (Å²) in [6, 6.07) is 3.55. The van der Waals surface area contributed by atoms with Crippen LogP contribution >= 0.6 is 11.8 Å². The Hall–Kier alpha value is -1.69. The molecule has 1 aromatic rings. The van der Waals surface area contributed by atoms with E-state index in [1.165, 1.54) is 0 Å². The van der Waals surface area contributed by atoms with Gasteiger partial charge in [0.05, 0.1) is 4.91 Å². The molecular weight excluding hydrogens is 228 g/mol. The van der Waals surface area contributed by atoms with Crippen molar-refractivity contribution in [3.8, 4) is 0 Å². The molecule has 0 bridgehead atoms. The largest absolute Gasteiger partial charge is 0.441 e. The van der Waals surface area contributed by atoms with Gasteiger partial charge in [-0.25, -0.2) is 0 Å². The number of furan rings is 1. The maximum Gasteiger partial charge on any atom is 0.290 e. The Morgan fingerprint density at radius 1 is 1.38 bits per heavy atom. The molecule has 1 N–H and O–H groups in total. The Morgan fingerprint density at radius 3 is 2.62 bits per heavy atom. The lowest BCUT2D eigenvalue weighted by Crippen LogP contribution is -2.17. The topological polar surface area (TPSA) is 62.6 Å². The van der Waals surface area contributed by atoms with Crippen LogP contribution < -0.4 is 10.2 Å². The number of rotatable bonds is 2. The van der Waals surface area contributed by atoms with Crippen LogP contribution in [-0.4, -0.2) is 25.2 Å². The van der Waals surface area contributed by atoms with Crippen LogP contribution in [0.3, 0.4) is 0 Å². The van der Waals surface area contributed by atoms with E-state index in [0.29, 0.717) is 16.5 Å². The van der Waals surface area contributed by atoms with Gasteiger partial charge in [-0.1, -0.05) is 0 Å². The van der Waals surface area contributed by atoms with Gasteiger partial charge in [0.1, 0.15) is 5.76 Å². The molecule has 0 atom stereocenters. The van der Waals surface area contributed by atoms with E-state index in [9.17, 15) is 9.59 Å². The van der Waals surface area contributed by atoms with Crippen molar-refractivity contribution in [2.75, 3.05) is 19.0 Å². The monoisotopic (exact) mass is 238 g/mol. The highest BCUT2D eigenvalue weighted by molar-refractivity contribution is 8.18. The summed E-state index contributed by atoms with van der Waals surface area (Å²) in [5.74, 6) is 0.871. The van der Waals surface area contributed by atoms with Gasteiger partial charge in [-0.05, 0) is 17.8 Å². The number of nitrogens with one attached hydrogen (secondary N) is 1. The lowest BCUT2D eigenvalue weighted by molar-refractivity contribution is -0.115. The van der Waals surface area contributed by atoms with Crippen molar-refractivity contribution in [1.82, 2.24) is 5.32 Å². The molecule has 0 unspecified atom stereocenters. The Morgan fingerprint density at radius 2 is 2.12 bits per heavy atom. The van der Waals surface area contributed by atoms with E-state index in [1.807, 2.05) is 19.0 Å². The van der Waals surface area contributed by atoms with Crippen LogP contribution in [0.2, 0.25) is 0 Å². The molecule has 1 aliphatic heterocycles. The van der Waals surface area contributed by atoms with E-state index in [4.69, 9.17) is 4.42 Å². The van der Waals surface area contributed by atoms with Crippen LogP contribution in [0.1, 0.15) is 5.76 Å². The van der Waals surface area contributed by atoms with Crippen molar-refractivity contribution >= 4 is 34.9 Å². The zero-order chi connectivity index (χ0) is 11.7. The van der Waals surface area contributed by atoms with Crippen LogP contribution in [0.4, 0.5) is 10.7 Å². The third-order valence-electron chi connectivity index (χ3n) is 1.97. The molecule has 1 aromatic heterocycles. The summed E-state index contributed by atoms with van der Waals surface area (Å²) in [6.45, 7) is 0. The summed E-state index contributed by atoms with van der Waals surface area (Å²) in [6.07, 6.45) is 1.55. The van der Waals surface area contributed by atoms with Gasteiger partial charge in [0.2, 0.25) is 0 Å². The van der Waals surface area contributed by atoms with Gasteiger partial charge < -0.3 is 9.32 Å². The molecular formula is C10H10N2O3S. The highest BCUT2D eigenvalue weighted by Gasteiger charge is 2.25. The first-order chi connectivity index (χ1) is 7.56. The number of amides is 2. The smallest absolute Gasteiger partial charge is 0.290 e. The third-order valence-corrected chi connectivity index (χ3v) is 2.78. The molecule has 6 heteroatoms. The van der Waals surface area contributed by atoms with Gasteiger partial charge in [0.15, 0.2) is 5.88 Å². The Balaban J connectivity index is 2.22. The summed E-state index contributed by atoms with van der Waals surface area (Å²) in [5, 5.41) is 1.83. The third kappa shape index (κ3) is 2.11. The van der Waals surface area contributed by atoms with E-state index in [1.54, 1.807) is 18.2 Å². The SMILES string of the molecule is CN(C)c1ccc(C=C2SC(=O)NC2=O)o1. The van der Waals surface area contributed by atoms with E-state index in [-0.39, 0.29) is 11.1 Å². The number of imide groups is 1. The predicted molar refractivity (Wildman–Crippen MR) is 62.1 cm³/mol. The zero-order valence-corrected chi connectivity index (χ0v) is 9.63. The molecule has 1 aliphatic rings. The van der Waals surface area contributed by atoms with E-state index in [0.717, 1.165) is 11.8 Å². The second kappa shape index (κ2) is 4.05. The van der Waals surface area contributed by atoms with E-state index < -0.39 is 0 Å². The minimum absolute atomic E-state index is 0.351. The highest BCUT2D eigenvalue weighted by atomic mass is 32.2. The van der Waals surface area contributed by atoms with Gasteiger partial charge >= 0.3 is 0 Å². The number of nitrogens with zero attached hydrogens (tertiary/aromatic N) is 1. The van der Waals surface area contributed by atoms with Crippen LogP contribution in [0.5, 0.6) is 0 Å². The molecule has 2 rings (SSSR count). The minimum Gasteiger partial charge on any atom is -0.441 e. The van der Waals surface area contributed by atoms with Crippen molar-refractivity contribution in [2.45, 2.75) is 0 Å². The predicted octanol–water partition coefficient (Wildman–Crippen LogP) is 1.67. The van der Waals surface area contributed by atoms with Gasteiger partial charge in [0.25, 0.3) is 11.1 Å². The van der Waals surface area contributed by atoms with E-state index >= 15 is 0 Å². The first-order valence-electron chi connectivity index (χ1n) is 4.58. The standard InChI is InChI=1S/C10H10N2O3S/c1-12(2)8-4-3-6(15-8)5-7-9(13)11-10(14)16-7/h3-5H,1-2H3,(H,11,13,14). The number of hydrogen-bond donors (Lipinski definition) is 1. The summed E-state index contributed by atoms with van der Waals surface area (Å²) >= 11 is 0.874. The van der Waals surface area contributed by atoms with Crippen LogP contribution in [0.15, 0.2) is 21.5 Å². The molecule has 84 valence electrons. The fourth-order valence-electron chi connectivity index (χ4n) is 1.21. The molecule has 16 heavy (non-hydrogen) atoms. The zero-order valence-electron chi connectivity index (χ0n) is 8.81. The summed E-state index contributed by atoms with van der Waals surface area (Å²) in [4.78, 5) is 24.3. The van der Waals surface area contributed by atoms with Crippen LogP contribution in [0.25, 0.3) is 6.08 Å². The molecule has 1 fully saturated rings. The molecule has 0 saturated carbocycles. The molecule has 2 amide bonds. The Kier molecular flexibility index (Phi) is 2.74. The summed E-state index contributed by atoms with van der Waals surface area (Å²) in [5.41, 5.74) is 0. The molecule has 5 nitrogen and oxygen atoms in total. The fraction of sp³-hybridized carbons (Fsp3) is 0.200. The van der Waals surface area contributed by atoms with Crippen molar-refractivity contribution in [2.24, 2.45) is 0 Å². The Labute approximate surface area is 96.5 Å². The molecule has 2 heterocycles. The van der Waals surface area contributed by atoms with Crippen molar-refractivity contribution in [1.29, 1.82) is 0 Å². The van der Waals surface area contributed by atoms with Gasteiger partial charge in [0, 0.05) is 26.2 Å². The number of carbonyl (C=O) groups excluding carboxylic acids is 2. The molecule has 1 saturated heterocycles. The van der Waals surface area contributed by atoms with Gasteiger partial charge in [-0.2, -0.15) is 0 Å². The maximum absolute atomic E-state index is 11.3. The quantitative estimate of drug-likeness (QED) is 0.794. The number of thioether (sulfide) groups is 1. The lowest BCUT2D eigenvalue weighted by Gasteiger charge is -2.05. The first-order valence-corrected chi connectivity index (χ1v) is 5.40. The number of carbonyl (C=O) groups is 2. The first kappa shape index (κ1) is 10.8. The lowest BCUT2D eigenvalue weighted by atomic mass is 10.4. The second-order valence-corrected chi connectivity index (χ2v) is 4.44. The summed E-state index contributed by atoms with van der Waals surface area (Å²) in [7, 11) is 3.71. The highest BCUT2D eigenvalue weighted by Crippen LogP contribution is 2.27. The van der Waals surface area contributed by atoms with Gasteiger partial charge in [-0.15, -0.1) is 0 Å². The molecule has 0 aromatic carbocycles. The molecule has 0 aliphatic carbocycles. The average molecular weight is 238 g/mol. The van der Waals surface area contributed by atoms with E-state index in [2.05, 4.69) is 5.32 Å². The number of anilines is 1. The Bertz CT molecular complexity index is 476. The van der Waals surface area contributed by atoms with Crippen molar-refractivity contribution < 1.29 is 14.0 Å². The van der Waals surface area contributed by atoms with Crippen molar-refractivity contribution in [3.05, 3.63) is 22.8 Å². The van der Waals surface area contributed by atoms with Crippen LogP contribution in [0, 0.1) is 0 Å². The average Bonchev–Trinajstić information content (AvgIpc) is 2.75. The minimum atomic E-state index is -0.377. The summed E-state index contributed by atoms with van der Waals surface area (Å²) < 4.78 is 5.44. The molecule has 0 radical (unpaired) electrons. The van der Waals surface area contributed by atoms with Crippen molar-refractivity contribution in [3.63, 3.8) is 0 Å². The van der Waals surface area contributed by atoms with Crippen LogP contribution in [-0.2, 0) is 4.79 Å². The van der Waals surface area contributed by atoms with Gasteiger partial charge in [-0.3, -0.25) is 14.9 Å². The normalized spacial score (nSPS) is 18.0. The maximum atomic E-state index is 11.3.